The standard InChI is InChI=1S/C18H13BrN2O7S/c1-2-27-16(22)9-20-17(23)15(29-18(20)24)8-11-4-6-14(28-11)12-5-3-10(21(25)26)7-13(12)19/h3-8H,2,9H2,1H3/b15-8-. The molecule has 11 heteroatoms. The van der Waals surface area contributed by atoms with E-state index in [1.54, 1.807) is 19.1 Å². The quantitative estimate of drug-likeness (QED) is 0.260. The minimum atomic E-state index is -0.667. The van der Waals surface area contributed by atoms with Gasteiger partial charge in [0.1, 0.15) is 18.1 Å². The highest BCUT2D eigenvalue weighted by Gasteiger charge is 2.36. The Kier molecular flexibility index (Phi) is 6.18. The summed E-state index contributed by atoms with van der Waals surface area (Å²) in [4.78, 5) is 47.2. The Labute approximate surface area is 177 Å². The highest BCUT2D eigenvalue weighted by molar-refractivity contribution is 9.10. The van der Waals surface area contributed by atoms with Crippen LogP contribution >= 0.6 is 27.7 Å². The SMILES string of the molecule is CCOC(=O)CN1C(=O)S/C(=C\c2ccc(-c3ccc([N+](=O)[O-])cc3Br)o2)C1=O. The number of imide groups is 1. The zero-order chi connectivity index (χ0) is 21.1. The number of benzene rings is 1. The Morgan fingerprint density at radius 3 is 2.76 bits per heavy atom. The molecule has 2 heterocycles. The molecule has 29 heavy (non-hydrogen) atoms. The molecule has 1 aliphatic rings. The van der Waals surface area contributed by atoms with Crippen LogP contribution < -0.4 is 0 Å². The number of hydrogen-bond donors (Lipinski definition) is 0. The molecule has 0 spiro atoms. The monoisotopic (exact) mass is 480 g/mol. The smallest absolute Gasteiger partial charge is 0.326 e. The molecule has 0 atom stereocenters. The van der Waals surface area contributed by atoms with Gasteiger partial charge in [-0.3, -0.25) is 29.4 Å². The van der Waals surface area contributed by atoms with Crippen molar-refractivity contribution in [2.75, 3.05) is 13.2 Å². The first-order valence-corrected chi connectivity index (χ1v) is 9.86. The lowest BCUT2D eigenvalue weighted by Crippen LogP contribution is -2.34. The molecule has 0 bridgehead atoms. The summed E-state index contributed by atoms with van der Waals surface area (Å²) >= 11 is 3.97. The van der Waals surface area contributed by atoms with Crippen molar-refractivity contribution in [1.82, 2.24) is 4.90 Å². The van der Waals surface area contributed by atoms with Gasteiger partial charge in [-0.15, -0.1) is 0 Å². The fourth-order valence-corrected chi connectivity index (χ4v) is 3.87. The number of rotatable bonds is 6. The largest absolute Gasteiger partial charge is 0.465 e. The van der Waals surface area contributed by atoms with Crippen LogP contribution in [-0.2, 0) is 14.3 Å². The minimum Gasteiger partial charge on any atom is -0.465 e. The van der Waals surface area contributed by atoms with E-state index < -0.39 is 28.6 Å². The summed E-state index contributed by atoms with van der Waals surface area (Å²) in [5, 5.41) is 10.3. The molecule has 1 aromatic heterocycles. The normalized spacial score (nSPS) is 15.2. The molecule has 3 rings (SSSR count). The van der Waals surface area contributed by atoms with Gasteiger partial charge in [-0.1, -0.05) is 0 Å². The van der Waals surface area contributed by atoms with Crippen molar-refractivity contribution < 1.29 is 28.5 Å². The number of amides is 2. The second kappa shape index (κ2) is 8.62. The van der Waals surface area contributed by atoms with Gasteiger partial charge in [0.05, 0.1) is 16.4 Å². The second-order valence-electron chi connectivity index (χ2n) is 5.70. The molecule has 1 saturated heterocycles. The fourth-order valence-electron chi connectivity index (χ4n) is 2.49. The van der Waals surface area contributed by atoms with Crippen molar-refractivity contribution >= 4 is 56.6 Å². The predicted octanol–water partition coefficient (Wildman–Crippen LogP) is 4.22. The van der Waals surface area contributed by atoms with Crippen LogP contribution in [0, 0.1) is 10.1 Å². The number of nitrogens with zero attached hydrogens (tertiary/aromatic N) is 2. The minimum absolute atomic E-state index is 0.0670. The van der Waals surface area contributed by atoms with E-state index in [-0.39, 0.29) is 17.2 Å². The van der Waals surface area contributed by atoms with E-state index >= 15 is 0 Å². The van der Waals surface area contributed by atoms with Crippen molar-refractivity contribution in [2.45, 2.75) is 6.92 Å². The number of furan rings is 1. The molecular weight excluding hydrogens is 468 g/mol. The second-order valence-corrected chi connectivity index (χ2v) is 7.54. The molecule has 9 nitrogen and oxygen atoms in total. The molecule has 2 amide bonds. The van der Waals surface area contributed by atoms with Crippen LogP contribution in [-0.4, -0.2) is 40.1 Å². The van der Waals surface area contributed by atoms with Gasteiger partial charge in [-0.05, 0) is 52.8 Å². The Morgan fingerprint density at radius 2 is 2.10 bits per heavy atom. The number of thioether (sulfide) groups is 1. The van der Waals surface area contributed by atoms with Crippen LogP contribution in [0.2, 0.25) is 0 Å². The molecule has 0 saturated carbocycles. The number of nitro groups is 1. The summed E-state index contributed by atoms with van der Waals surface area (Å²) in [7, 11) is 0. The molecular formula is C18H13BrN2O7S. The van der Waals surface area contributed by atoms with Gasteiger partial charge < -0.3 is 9.15 Å². The average molecular weight is 481 g/mol. The number of non-ortho nitro benzene ring substituents is 1. The van der Waals surface area contributed by atoms with Crippen molar-refractivity contribution in [3.8, 4) is 11.3 Å². The number of halogens is 1. The Bertz CT molecular complexity index is 1050. The van der Waals surface area contributed by atoms with E-state index in [9.17, 15) is 24.5 Å². The van der Waals surface area contributed by atoms with E-state index in [4.69, 9.17) is 9.15 Å². The Hall–Kier alpha value is -2.92. The lowest BCUT2D eigenvalue weighted by Gasteiger charge is -2.10. The van der Waals surface area contributed by atoms with Gasteiger partial charge in [-0.25, -0.2) is 0 Å². The number of esters is 1. The van der Waals surface area contributed by atoms with Crippen molar-refractivity contribution in [2.24, 2.45) is 0 Å². The maximum Gasteiger partial charge on any atom is 0.326 e. The van der Waals surface area contributed by atoms with Crippen LogP contribution in [0.5, 0.6) is 0 Å². The highest BCUT2D eigenvalue weighted by Crippen LogP contribution is 2.35. The first-order chi connectivity index (χ1) is 13.8. The van der Waals surface area contributed by atoms with Gasteiger partial charge in [0.25, 0.3) is 16.8 Å². The van der Waals surface area contributed by atoms with Gasteiger partial charge in [0.15, 0.2) is 0 Å². The van der Waals surface area contributed by atoms with Gasteiger partial charge in [-0.2, -0.15) is 0 Å². The molecule has 1 fully saturated rings. The van der Waals surface area contributed by atoms with Crippen LogP contribution in [0.4, 0.5) is 10.5 Å². The number of nitro benzene ring substituents is 1. The molecule has 1 aromatic carbocycles. The molecule has 150 valence electrons. The molecule has 0 N–H and O–H groups in total. The van der Waals surface area contributed by atoms with Crippen LogP contribution in [0.25, 0.3) is 17.4 Å². The summed E-state index contributed by atoms with van der Waals surface area (Å²) in [6, 6.07) is 7.49. The summed E-state index contributed by atoms with van der Waals surface area (Å²) in [6.07, 6.45) is 1.40. The molecule has 1 aliphatic heterocycles. The Morgan fingerprint density at radius 1 is 1.34 bits per heavy atom. The van der Waals surface area contributed by atoms with Crippen LogP contribution in [0.15, 0.2) is 44.1 Å². The summed E-state index contributed by atoms with van der Waals surface area (Å²) in [5.41, 5.74) is 0.522. The van der Waals surface area contributed by atoms with Crippen LogP contribution in [0.1, 0.15) is 12.7 Å². The third-order valence-electron chi connectivity index (χ3n) is 3.80. The van der Waals surface area contributed by atoms with E-state index in [1.165, 1.54) is 24.3 Å². The lowest BCUT2D eigenvalue weighted by atomic mass is 10.1. The molecule has 0 unspecified atom stereocenters. The number of hydrogen-bond acceptors (Lipinski definition) is 8. The van der Waals surface area contributed by atoms with Gasteiger partial charge in [0.2, 0.25) is 0 Å². The predicted molar refractivity (Wildman–Crippen MR) is 108 cm³/mol. The average Bonchev–Trinajstić information content (AvgIpc) is 3.22. The topological polar surface area (TPSA) is 120 Å². The van der Waals surface area contributed by atoms with Gasteiger partial charge in [0, 0.05) is 28.2 Å². The first kappa shape index (κ1) is 20.8. The summed E-state index contributed by atoms with van der Waals surface area (Å²) < 4.78 is 10.9. The lowest BCUT2D eigenvalue weighted by molar-refractivity contribution is -0.384. The third kappa shape index (κ3) is 4.57. The Balaban J connectivity index is 1.80. The highest BCUT2D eigenvalue weighted by atomic mass is 79.9. The number of ether oxygens (including phenoxy) is 1. The fraction of sp³-hybridized carbons (Fsp3) is 0.167. The van der Waals surface area contributed by atoms with Crippen molar-refractivity contribution in [3.05, 3.63) is 55.6 Å². The zero-order valence-electron chi connectivity index (χ0n) is 14.9. The van der Waals surface area contributed by atoms with Gasteiger partial charge >= 0.3 is 5.97 Å². The molecule has 0 aliphatic carbocycles. The summed E-state index contributed by atoms with van der Waals surface area (Å²) in [5.74, 6) is -0.544. The van der Waals surface area contributed by atoms with E-state index in [2.05, 4.69) is 15.9 Å². The summed E-state index contributed by atoms with van der Waals surface area (Å²) in [6.45, 7) is 1.33. The number of carbonyl (C=O) groups is 3. The van der Waals surface area contributed by atoms with E-state index in [0.29, 0.717) is 33.3 Å². The number of carbonyl (C=O) groups excluding carboxylic acids is 3. The van der Waals surface area contributed by atoms with Crippen molar-refractivity contribution in [3.63, 3.8) is 0 Å². The maximum atomic E-state index is 12.4. The molecule has 0 radical (unpaired) electrons. The third-order valence-corrected chi connectivity index (χ3v) is 5.36. The molecule has 2 aromatic rings. The van der Waals surface area contributed by atoms with Crippen LogP contribution in [0.3, 0.4) is 0 Å². The first-order valence-electron chi connectivity index (χ1n) is 8.25. The van der Waals surface area contributed by atoms with Crippen molar-refractivity contribution in [1.29, 1.82) is 0 Å². The maximum absolute atomic E-state index is 12.4. The zero-order valence-corrected chi connectivity index (χ0v) is 17.3. The van der Waals surface area contributed by atoms with E-state index in [1.807, 2.05) is 0 Å². The van der Waals surface area contributed by atoms with E-state index in [0.717, 1.165) is 4.90 Å².